The second-order valence-electron chi connectivity index (χ2n) is 6.85. The lowest BCUT2D eigenvalue weighted by atomic mass is 10.0. The van der Waals surface area contributed by atoms with Gasteiger partial charge in [-0.2, -0.15) is 4.39 Å². The number of nitrogens with zero attached hydrogens (tertiary/aromatic N) is 4. The topological polar surface area (TPSA) is 95.5 Å². The number of carbonyl (C=O) groups excluding carboxylic acids is 3. The largest absolute Gasteiger partial charge is 0.357 e. The third-order valence-corrected chi connectivity index (χ3v) is 4.94. The third kappa shape index (κ3) is 3.46. The molecular formula is C20H18FN5O3. The molecule has 0 saturated heterocycles. The van der Waals surface area contributed by atoms with E-state index in [4.69, 9.17) is 0 Å². The quantitative estimate of drug-likeness (QED) is 0.624. The van der Waals surface area contributed by atoms with Crippen molar-refractivity contribution < 1.29 is 18.8 Å². The van der Waals surface area contributed by atoms with Gasteiger partial charge in [0.1, 0.15) is 5.70 Å². The molecule has 8 nitrogen and oxygen atoms in total. The summed E-state index contributed by atoms with van der Waals surface area (Å²) in [5, 5.41) is 2.49. The molecule has 0 aromatic carbocycles. The van der Waals surface area contributed by atoms with Crippen molar-refractivity contribution >= 4 is 23.4 Å². The fourth-order valence-electron chi connectivity index (χ4n) is 3.52. The SMILES string of the molecule is CN1C(=O)C2=C(C1=O)N(CC(=O)Nc1ccc(-c3cccnc3)nc1F)CCC2. The summed E-state index contributed by atoms with van der Waals surface area (Å²) >= 11 is 0. The molecule has 9 heteroatoms. The van der Waals surface area contributed by atoms with Crippen LogP contribution in [0.2, 0.25) is 0 Å². The predicted molar refractivity (Wildman–Crippen MR) is 102 cm³/mol. The Bertz CT molecular complexity index is 1040. The first-order valence-corrected chi connectivity index (χ1v) is 9.13. The van der Waals surface area contributed by atoms with Crippen LogP contribution in [0.4, 0.5) is 10.1 Å². The molecule has 1 N–H and O–H groups in total. The summed E-state index contributed by atoms with van der Waals surface area (Å²) < 4.78 is 14.4. The maximum atomic E-state index is 14.4. The van der Waals surface area contributed by atoms with Gasteiger partial charge in [0, 0.05) is 37.1 Å². The summed E-state index contributed by atoms with van der Waals surface area (Å²) in [5.74, 6) is -2.05. The van der Waals surface area contributed by atoms with Crippen molar-refractivity contribution in [2.24, 2.45) is 0 Å². The Morgan fingerprint density at radius 2 is 2.07 bits per heavy atom. The predicted octanol–water partition coefficient (Wildman–Crippen LogP) is 1.57. The Kier molecular flexibility index (Phi) is 4.79. The second-order valence-corrected chi connectivity index (χ2v) is 6.85. The van der Waals surface area contributed by atoms with Gasteiger partial charge in [-0.1, -0.05) is 0 Å². The van der Waals surface area contributed by atoms with E-state index < -0.39 is 17.8 Å². The van der Waals surface area contributed by atoms with Crippen LogP contribution < -0.4 is 5.32 Å². The molecule has 0 saturated carbocycles. The van der Waals surface area contributed by atoms with E-state index >= 15 is 0 Å². The van der Waals surface area contributed by atoms with Crippen LogP contribution in [0.15, 0.2) is 47.9 Å². The number of hydrogen-bond acceptors (Lipinski definition) is 6. The molecule has 2 aromatic rings. The van der Waals surface area contributed by atoms with E-state index in [0.29, 0.717) is 36.2 Å². The maximum absolute atomic E-state index is 14.4. The summed E-state index contributed by atoms with van der Waals surface area (Å²) in [7, 11) is 1.42. The van der Waals surface area contributed by atoms with Crippen LogP contribution in [-0.2, 0) is 14.4 Å². The lowest BCUT2D eigenvalue weighted by Gasteiger charge is -2.28. The van der Waals surface area contributed by atoms with E-state index in [1.165, 1.54) is 13.1 Å². The van der Waals surface area contributed by atoms with E-state index in [-0.39, 0.29) is 23.8 Å². The van der Waals surface area contributed by atoms with Crippen molar-refractivity contribution in [1.82, 2.24) is 19.8 Å². The first-order valence-electron chi connectivity index (χ1n) is 9.13. The van der Waals surface area contributed by atoms with Crippen molar-refractivity contribution in [2.45, 2.75) is 12.8 Å². The number of aromatic nitrogens is 2. The molecule has 148 valence electrons. The van der Waals surface area contributed by atoms with Crippen molar-refractivity contribution in [3.8, 4) is 11.3 Å². The fourth-order valence-corrected chi connectivity index (χ4v) is 3.52. The zero-order valence-electron chi connectivity index (χ0n) is 15.7. The Balaban J connectivity index is 1.48. The standard InChI is InChI=1S/C20H18FN5O3/c1-25-19(28)13-5-3-9-26(17(13)20(25)29)11-16(27)23-15-7-6-14(24-18(15)21)12-4-2-8-22-10-12/h2,4,6-8,10H,3,5,9,11H2,1H3,(H,23,27). The number of nitrogens with one attached hydrogen (secondary N) is 1. The van der Waals surface area contributed by atoms with Gasteiger partial charge in [0.15, 0.2) is 0 Å². The molecule has 2 aliphatic rings. The number of pyridine rings is 2. The van der Waals surface area contributed by atoms with Gasteiger partial charge in [-0.05, 0) is 37.1 Å². The summed E-state index contributed by atoms with van der Waals surface area (Å²) in [6.45, 7) is 0.315. The number of carbonyl (C=O) groups is 3. The minimum atomic E-state index is -0.815. The molecule has 0 bridgehead atoms. The van der Waals surface area contributed by atoms with Crippen LogP contribution in [0.1, 0.15) is 12.8 Å². The summed E-state index contributed by atoms with van der Waals surface area (Å²) in [4.78, 5) is 47.4. The first kappa shape index (κ1) is 18.7. The Labute approximate surface area is 166 Å². The molecule has 0 radical (unpaired) electrons. The molecule has 2 aromatic heterocycles. The van der Waals surface area contributed by atoms with Crippen molar-refractivity contribution in [2.75, 3.05) is 25.5 Å². The number of likely N-dealkylation sites (N-methyl/N-ethyl adjacent to an activating group) is 1. The number of anilines is 1. The number of amides is 3. The summed E-state index contributed by atoms with van der Waals surface area (Å²) in [6, 6.07) is 6.50. The highest BCUT2D eigenvalue weighted by Gasteiger charge is 2.40. The van der Waals surface area contributed by atoms with E-state index in [9.17, 15) is 18.8 Å². The fraction of sp³-hybridized carbons (Fsp3) is 0.250. The summed E-state index contributed by atoms with van der Waals surface area (Å²) in [5.41, 5.74) is 1.71. The molecule has 0 unspecified atom stereocenters. The Morgan fingerprint density at radius 1 is 1.24 bits per heavy atom. The van der Waals surface area contributed by atoms with Crippen LogP contribution in [0.5, 0.6) is 0 Å². The molecule has 2 aliphatic heterocycles. The summed E-state index contributed by atoms with van der Waals surface area (Å²) in [6.07, 6.45) is 4.35. The lowest BCUT2D eigenvalue weighted by molar-refractivity contribution is -0.136. The molecule has 0 atom stereocenters. The van der Waals surface area contributed by atoms with Gasteiger partial charge in [-0.15, -0.1) is 0 Å². The van der Waals surface area contributed by atoms with Crippen LogP contribution >= 0.6 is 0 Å². The second kappa shape index (κ2) is 7.42. The third-order valence-electron chi connectivity index (χ3n) is 4.94. The van der Waals surface area contributed by atoms with Gasteiger partial charge in [-0.25, -0.2) is 4.98 Å². The van der Waals surface area contributed by atoms with Crippen LogP contribution in [0, 0.1) is 5.95 Å². The Hall–Kier alpha value is -3.62. The number of rotatable bonds is 4. The van der Waals surface area contributed by atoms with E-state index in [0.717, 1.165) is 4.90 Å². The normalized spacial score (nSPS) is 16.3. The molecule has 4 rings (SSSR count). The number of imide groups is 1. The van der Waals surface area contributed by atoms with Crippen molar-refractivity contribution in [1.29, 1.82) is 0 Å². The zero-order chi connectivity index (χ0) is 20.5. The average Bonchev–Trinajstić information content (AvgIpc) is 2.95. The maximum Gasteiger partial charge on any atom is 0.277 e. The van der Waals surface area contributed by atoms with Gasteiger partial charge in [0.25, 0.3) is 11.8 Å². The highest BCUT2D eigenvalue weighted by atomic mass is 19.1. The molecule has 0 aliphatic carbocycles. The molecule has 0 fully saturated rings. The Morgan fingerprint density at radius 3 is 2.79 bits per heavy atom. The average molecular weight is 395 g/mol. The van der Waals surface area contributed by atoms with Crippen LogP contribution in [0.3, 0.4) is 0 Å². The lowest BCUT2D eigenvalue weighted by Crippen LogP contribution is -2.38. The highest BCUT2D eigenvalue weighted by Crippen LogP contribution is 2.30. The number of halogens is 1. The molecule has 3 amide bonds. The smallest absolute Gasteiger partial charge is 0.277 e. The molecule has 29 heavy (non-hydrogen) atoms. The van der Waals surface area contributed by atoms with E-state index in [1.54, 1.807) is 35.5 Å². The van der Waals surface area contributed by atoms with Crippen LogP contribution in [-0.4, -0.2) is 57.6 Å². The minimum absolute atomic E-state index is 0.0557. The molecule has 4 heterocycles. The monoisotopic (exact) mass is 395 g/mol. The highest BCUT2D eigenvalue weighted by molar-refractivity contribution is 6.19. The molecular weight excluding hydrogens is 377 g/mol. The van der Waals surface area contributed by atoms with Gasteiger partial charge < -0.3 is 10.2 Å². The minimum Gasteiger partial charge on any atom is -0.357 e. The number of hydrogen-bond donors (Lipinski definition) is 1. The van der Waals surface area contributed by atoms with Gasteiger partial charge in [-0.3, -0.25) is 24.3 Å². The van der Waals surface area contributed by atoms with Crippen molar-refractivity contribution in [3.05, 3.63) is 53.9 Å². The molecule has 0 spiro atoms. The van der Waals surface area contributed by atoms with Gasteiger partial charge in [0.05, 0.1) is 17.9 Å². The zero-order valence-corrected chi connectivity index (χ0v) is 15.7. The first-order chi connectivity index (χ1) is 14.0. The van der Waals surface area contributed by atoms with E-state index in [1.807, 2.05) is 0 Å². The van der Waals surface area contributed by atoms with Gasteiger partial charge >= 0.3 is 0 Å². The van der Waals surface area contributed by atoms with E-state index in [2.05, 4.69) is 15.3 Å². The van der Waals surface area contributed by atoms with Crippen LogP contribution in [0.25, 0.3) is 11.3 Å². The van der Waals surface area contributed by atoms with Crippen molar-refractivity contribution in [3.63, 3.8) is 0 Å². The van der Waals surface area contributed by atoms with Gasteiger partial charge in [0.2, 0.25) is 11.9 Å².